The van der Waals surface area contributed by atoms with Crippen LogP contribution in [-0.4, -0.2) is 26.4 Å². The van der Waals surface area contributed by atoms with Crippen molar-refractivity contribution in [3.63, 3.8) is 0 Å². The monoisotopic (exact) mass is 311 g/mol. The molecule has 0 amide bonds. The molecule has 1 saturated carbocycles. The van der Waals surface area contributed by atoms with Crippen molar-refractivity contribution < 1.29 is 9.47 Å². The normalized spacial score (nSPS) is 18.7. The van der Waals surface area contributed by atoms with Crippen molar-refractivity contribution >= 4 is 11.6 Å². The number of hydrogen-bond donors (Lipinski definition) is 1. The largest absolute Gasteiger partial charge is 0.496 e. The van der Waals surface area contributed by atoms with Crippen molar-refractivity contribution in [1.82, 2.24) is 5.32 Å². The summed E-state index contributed by atoms with van der Waals surface area (Å²) in [5.41, 5.74) is 0.940. The molecule has 4 heteroatoms. The molecular weight excluding hydrogens is 286 g/mol. The molecule has 1 aromatic carbocycles. The minimum absolute atomic E-state index is 0.110. The molecule has 1 fully saturated rings. The molecule has 0 bridgehead atoms. The van der Waals surface area contributed by atoms with Crippen molar-refractivity contribution in [2.45, 2.75) is 50.7 Å². The van der Waals surface area contributed by atoms with Crippen LogP contribution in [-0.2, 0) is 4.74 Å². The van der Waals surface area contributed by atoms with Gasteiger partial charge in [0.15, 0.2) is 0 Å². The molecule has 118 valence electrons. The second-order valence-electron chi connectivity index (χ2n) is 5.75. The molecular formula is C17H26ClNO2. The van der Waals surface area contributed by atoms with Gasteiger partial charge in [-0.05, 0) is 44.0 Å². The Hall–Kier alpha value is -0.770. The first-order chi connectivity index (χ1) is 10.2. The van der Waals surface area contributed by atoms with Gasteiger partial charge in [-0.15, -0.1) is 0 Å². The second kappa shape index (κ2) is 7.48. The fourth-order valence-electron chi connectivity index (χ4n) is 3.38. The average molecular weight is 312 g/mol. The first-order valence-corrected chi connectivity index (χ1v) is 8.16. The van der Waals surface area contributed by atoms with Crippen LogP contribution < -0.4 is 10.1 Å². The van der Waals surface area contributed by atoms with Crippen LogP contribution in [0, 0.1) is 0 Å². The van der Waals surface area contributed by atoms with Crippen LogP contribution in [0.15, 0.2) is 18.2 Å². The number of rotatable bonds is 7. The standard InChI is InChI=1S/C17H26ClNO2/c1-4-11-19-16(17(21-3)9-5-6-10-17)14-12-13(18)7-8-15(14)20-2/h7-8,12,16,19H,4-6,9-11H2,1-3H3. The summed E-state index contributed by atoms with van der Waals surface area (Å²) in [6.07, 6.45) is 5.64. The molecule has 1 N–H and O–H groups in total. The zero-order valence-corrected chi connectivity index (χ0v) is 14.0. The molecule has 1 aliphatic carbocycles. The number of halogens is 1. The number of methoxy groups -OCH3 is 2. The molecule has 0 radical (unpaired) electrons. The van der Waals surface area contributed by atoms with Gasteiger partial charge in [0.05, 0.1) is 18.8 Å². The van der Waals surface area contributed by atoms with Crippen LogP contribution in [0.4, 0.5) is 0 Å². The first-order valence-electron chi connectivity index (χ1n) is 7.79. The van der Waals surface area contributed by atoms with Crippen molar-refractivity contribution in [3.05, 3.63) is 28.8 Å². The lowest BCUT2D eigenvalue weighted by molar-refractivity contribution is -0.0372. The maximum absolute atomic E-state index is 6.22. The molecule has 1 aromatic rings. The lowest BCUT2D eigenvalue weighted by Gasteiger charge is -2.38. The van der Waals surface area contributed by atoms with E-state index in [4.69, 9.17) is 21.1 Å². The maximum atomic E-state index is 6.22. The Balaban J connectivity index is 2.42. The van der Waals surface area contributed by atoms with Gasteiger partial charge in [-0.2, -0.15) is 0 Å². The summed E-state index contributed by atoms with van der Waals surface area (Å²) in [5, 5.41) is 4.39. The lowest BCUT2D eigenvalue weighted by Crippen LogP contribution is -2.44. The Bertz CT molecular complexity index is 458. The molecule has 0 saturated heterocycles. The van der Waals surface area contributed by atoms with E-state index in [1.165, 1.54) is 12.8 Å². The Kier molecular flexibility index (Phi) is 5.91. The quantitative estimate of drug-likeness (QED) is 0.812. The van der Waals surface area contributed by atoms with Crippen LogP contribution >= 0.6 is 11.6 Å². The van der Waals surface area contributed by atoms with Crippen LogP contribution in [0.5, 0.6) is 5.75 Å². The second-order valence-corrected chi connectivity index (χ2v) is 6.19. The van der Waals surface area contributed by atoms with E-state index in [2.05, 4.69) is 12.2 Å². The zero-order valence-electron chi connectivity index (χ0n) is 13.2. The van der Waals surface area contributed by atoms with Gasteiger partial charge in [-0.1, -0.05) is 31.4 Å². The van der Waals surface area contributed by atoms with E-state index in [0.717, 1.165) is 42.1 Å². The van der Waals surface area contributed by atoms with E-state index < -0.39 is 0 Å². The molecule has 1 atom stereocenters. The van der Waals surface area contributed by atoms with Gasteiger partial charge in [0.2, 0.25) is 0 Å². The molecule has 2 rings (SSSR count). The highest BCUT2D eigenvalue weighted by Crippen LogP contribution is 2.45. The van der Waals surface area contributed by atoms with Gasteiger partial charge in [-0.3, -0.25) is 0 Å². The summed E-state index contributed by atoms with van der Waals surface area (Å²) >= 11 is 6.22. The van der Waals surface area contributed by atoms with E-state index in [1.54, 1.807) is 7.11 Å². The Morgan fingerprint density at radius 2 is 2.00 bits per heavy atom. The minimum atomic E-state index is -0.160. The molecule has 1 unspecified atom stereocenters. The van der Waals surface area contributed by atoms with Crippen molar-refractivity contribution in [2.75, 3.05) is 20.8 Å². The first kappa shape index (κ1) is 16.6. The molecule has 3 nitrogen and oxygen atoms in total. The zero-order chi connectivity index (χ0) is 15.3. The highest BCUT2D eigenvalue weighted by molar-refractivity contribution is 6.30. The topological polar surface area (TPSA) is 30.5 Å². The SMILES string of the molecule is CCCNC(c1cc(Cl)ccc1OC)C1(OC)CCCC1. The molecule has 21 heavy (non-hydrogen) atoms. The summed E-state index contributed by atoms with van der Waals surface area (Å²) < 4.78 is 11.5. The van der Waals surface area contributed by atoms with E-state index in [-0.39, 0.29) is 11.6 Å². The number of nitrogens with one attached hydrogen (secondary N) is 1. The van der Waals surface area contributed by atoms with Crippen LogP contribution in [0.1, 0.15) is 50.6 Å². The van der Waals surface area contributed by atoms with Gasteiger partial charge in [0, 0.05) is 17.7 Å². The number of benzene rings is 1. The average Bonchev–Trinajstić information content (AvgIpc) is 2.98. The minimum Gasteiger partial charge on any atom is -0.496 e. The molecule has 1 aliphatic rings. The molecule has 0 heterocycles. The third-order valence-electron chi connectivity index (χ3n) is 4.48. The maximum Gasteiger partial charge on any atom is 0.123 e. The van der Waals surface area contributed by atoms with Gasteiger partial charge in [-0.25, -0.2) is 0 Å². The number of ether oxygens (including phenoxy) is 2. The predicted octanol–water partition coefficient (Wildman–Crippen LogP) is 4.35. The van der Waals surface area contributed by atoms with Crippen LogP contribution in [0.2, 0.25) is 5.02 Å². The highest BCUT2D eigenvalue weighted by atomic mass is 35.5. The Labute approximate surface area is 133 Å². The van der Waals surface area contributed by atoms with Crippen LogP contribution in [0.25, 0.3) is 0 Å². The third-order valence-corrected chi connectivity index (χ3v) is 4.72. The van der Waals surface area contributed by atoms with Gasteiger partial charge < -0.3 is 14.8 Å². The predicted molar refractivity (Wildman–Crippen MR) is 87.2 cm³/mol. The van der Waals surface area contributed by atoms with E-state index in [0.29, 0.717) is 0 Å². The smallest absolute Gasteiger partial charge is 0.123 e. The van der Waals surface area contributed by atoms with Gasteiger partial charge >= 0.3 is 0 Å². The Morgan fingerprint density at radius 3 is 2.57 bits per heavy atom. The summed E-state index contributed by atoms with van der Waals surface area (Å²) in [4.78, 5) is 0. The fourth-order valence-corrected chi connectivity index (χ4v) is 3.56. The van der Waals surface area contributed by atoms with E-state index >= 15 is 0 Å². The number of hydrogen-bond acceptors (Lipinski definition) is 3. The summed E-state index contributed by atoms with van der Waals surface area (Å²) in [7, 11) is 3.53. The van der Waals surface area contributed by atoms with E-state index in [1.807, 2.05) is 25.3 Å². The molecule has 0 aliphatic heterocycles. The fraction of sp³-hybridized carbons (Fsp3) is 0.647. The third kappa shape index (κ3) is 3.53. The Morgan fingerprint density at radius 1 is 1.29 bits per heavy atom. The molecule has 0 aromatic heterocycles. The van der Waals surface area contributed by atoms with Crippen molar-refractivity contribution in [1.29, 1.82) is 0 Å². The summed E-state index contributed by atoms with van der Waals surface area (Å²) in [5.74, 6) is 0.872. The van der Waals surface area contributed by atoms with Crippen molar-refractivity contribution in [3.8, 4) is 5.75 Å². The summed E-state index contributed by atoms with van der Waals surface area (Å²) in [6.45, 7) is 3.12. The highest BCUT2D eigenvalue weighted by Gasteiger charge is 2.43. The van der Waals surface area contributed by atoms with Crippen LogP contribution in [0.3, 0.4) is 0 Å². The van der Waals surface area contributed by atoms with Crippen molar-refractivity contribution in [2.24, 2.45) is 0 Å². The van der Waals surface area contributed by atoms with E-state index in [9.17, 15) is 0 Å². The van der Waals surface area contributed by atoms with Gasteiger partial charge in [0.25, 0.3) is 0 Å². The van der Waals surface area contributed by atoms with Gasteiger partial charge in [0.1, 0.15) is 5.75 Å². The molecule has 0 spiro atoms. The summed E-state index contributed by atoms with van der Waals surface area (Å²) in [6, 6.07) is 5.93. The lowest BCUT2D eigenvalue weighted by atomic mass is 9.86.